The topological polar surface area (TPSA) is 83.8 Å². The van der Waals surface area contributed by atoms with Gasteiger partial charge < -0.3 is 19.8 Å². The summed E-state index contributed by atoms with van der Waals surface area (Å²) in [5.74, 6) is 0.406. The largest absolute Gasteiger partial charge is 0.468 e. The minimum absolute atomic E-state index is 0.246. The molecule has 4 rings (SSSR count). The average molecular weight is 458 g/mol. The van der Waals surface area contributed by atoms with Crippen LogP contribution in [-0.2, 0) is 16.1 Å². The Bertz CT molecular complexity index is 966. The zero-order chi connectivity index (χ0) is 22.5. The van der Waals surface area contributed by atoms with Crippen LogP contribution in [0.4, 0.5) is 4.79 Å². The van der Waals surface area contributed by atoms with Gasteiger partial charge in [-0.3, -0.25) is 4.90 Å². The maximum Gasteiger partial charge on any atom is 0.338 e. The number of nitrogens with one attached hydrogen (secondary N) is 2. The van der Waals surface area contributed by atoms with Gasteiger partial charge in [0.25, 0.3) is 0 Å². The fourth-order valence-corrected chi connectivity index (χ4v) is 4.61. The quantitative estimate of drug-likeness (QED) is 0.568. The molecule has 1 aromatic heterocycles. The minimum Gasteiger partial charge on any atom is -0.468 e. The molecule has 2 amide bonds. The molecule has 2 aliphatic rings. The lowest BCUT2D eigenvalue weighted by molar-refractivity contribution is -0.139. The van der Waals surface area contributed by atoms with E-state index in [0.717, 1.165) is 24.2 Å². The van der Waals surface area contributed by atoms with Crippen molar-refractivity contribution in [3.05, 3.63) is 70.3 Å². The zero-order valence-electron chi connectivity index (χ0n) is 18.1. The van der Waals surface area contributed by atoms with E-state index in [1.54, 1.807) is 25.3 Å². The smallest absolute Gasteiger partial charge is 0.338 e. The number of nitrogens with zero attached hydrogens (tertiary/aromatic N) is 1. The Morgan fingerprint density at radius 1 is 1.19 bits per heavy atom. The van der Waals surface area contributed by atoms with Crippen molar-refractivity contribution in [1.82, 2.24) is 15.5 Å². The van der Waals surface area contributed by atoms with Crippen LogP contribution in [0.2, 0.25) is 5.02 Å². The average Bonchev–Trinajstić information content (AvgIpc) is 3.48. The molecule has 2 heterocycles. The maximum absolute atomic E-state index is 13.1. The van der Waals surface area contributed by atoms with E-state index in [1.165, 1.54) is 12.8 Å². The summed E-state index contributed by atoms with van der Waals surface area (Å²) >= 11 is 6.05. The van der Waals surface area contributed by atoms with E-state index in [2.05, 4.69) is 15.5 Å². The SMILES string of the molecule is CCOC(=O)C1=C(CN(Cc2ccco2)C2CCCC2)NC(=O)NC1c1ccc(Cl)cc1. The summed E-state index contributed by atoms with van der Waals surface area (Å²) in [4.78, 5) is 27.9. The summed E-state index contributed by atoms with van der Waals surface area (Å²) in [6, 6.07) is 10.3. The van der Waals surface area contributed by atoms with Gasteiger partial charge in [-0.15, -0.1) is 0 Å². The van der Waals surface area contributed by atoms with E-state index in [9.17, 15) is 9.59 Å². The first-order valence-corrected chi connectivity index (χ1v) is 11.4. The van der Waals surface area contributed by atoms with Crippen molar-refractivity contribution in [2.75, 3.05) is 13.2 Å². The van der Waals surface area contributed by atoms with Gasteiger partial charge in [0.15, 0.2) is 0 Å². The van der Waals surface area contributed by atoms with Crippen molar-refractivity contribution in [3.8, 4) is 0 Å². The van der Waals surface area contributed by atoms with Crippen molar-refractivity contribution >= 4 is 23.6 Å². The normalized spacial score (nSPS) is 19.2. The van der Waals surface area contributed by atoms with Crippen LogP contribution in [0.3, 0.4) is 0 Å². The number of halogens is 1. The van der Waals surface area contributed by atoms with Crippen LogP contribution >= 0.6 is 11.6 Å². The predicted molar refractivity (Wildman–Crippen MR) is 121 cm³/mol. The molecule has 32 heavy (non-hydrogen) atoms. The number of furan rings is 1. The van der Waals surface area contributed by atoms with Gasteiger partial charge in [0.2, 0.25) is 0 Å². The Labute approximate surface area is 192 Å². The van der Waals surface area contributed by atoms with Gasteiger partial charge in [-0.25, -0.2) is 9.59 Å². The van der Waals surface area contributed by atoms with E-state index >= 15 is 0 Å². The lowest BCUT2D eigenvalue weighted by atomic mass is 9.94. The highest BCUT2D eigenvalue weighted by molar-refractivity contribution is 6.30. The summed E-state index contributed by atoms with van der Waals surface area (Å²) in [6.45, 7) is 3.03. The number of carbonyl (C=O) groups excluding carboxylic acids is 2. The van der Waals surface area contributed by atoms with Crippen LogP contribution in [0.15, 0.2) is 58.3 Å². The van der Waals surface area contributed by atoms with Crippen LogP contribution in [0.25, 0.3) is 0 Å². The third-order valence-electron chi connectivity index (χ3n) is 5.99. The lowest BCUT2D eigenvalue weighted by Crippen LogP contribution is -2.49. The molecule has 0 radical (unpaired) electrons. The summed E-state index contributed by atoms with van der Waals surface area (Å²) in [7, 11) is 0. The van der Waals surface area contributed by atoms with Crippen molar-refractivity contribution in [3.63, 3.8) is 0 Å². The van der Waals surface area contributed by atoms with Crippen molar-refractivity contribution in [2.45, 2.75) is 51.2 Å². The maximum atomic E-state index is 13.1. The Morgan fingerprint density at radius 3 is 2.59 bits per heavy atom. The molecule has 1 aromatic carbocycles. The fourth-order valence-electron chi connectivity index (χ4n) is 4.49. The molecule has 7 nitrogen and oxygen atoms in total. The number of hydrogen-bond donors (Lipinski definition) is 2. The van der Waals surface area contributed by atoms with Gasteiger partial charge in [0, 0.05) is 23.3 Å². The van der Waals surface area contributed by atoms with Gasteiger partial charge in [-0.05, 0) is 49.6 Å². The van der Waals surface area contributed by atoms with E-state index in [0.29, 0.717) is 35.4 Å². The van der Waals surface area contributed by atoms with E-state index in [-0.39, 0.29) is 12.6 Å². The van der Waals surface area contributed by atoms with Gasteiger partial charge in [-0.1, -0.05) is 36.6 Å². The van der Waals surface area contributed by atoms with Crippen LogP contribution in [0.1, 0.15) is 50.0 Å². The lowest BCUT2D eigenvalue weighted by Gasteiger charge is -2.34. The molecule has 1 unspecified atom stereocenters. The molecule has 2 N–H and O–H groups in total. The van der Waals surface area contributed by atoms with Gasteiger partial charge in [0.05, 0.1) is 31.0 Å². The van der Waals surface area contributed by atoms with Crippen molar-refractivity contribution < 1.29 is 18.7 Å². The van der Waals surface area contributed by atoms with Crippen LogP contribution in [0, 0.1) is 0 Å². The number of urea groups is 1. The number of ether oxygens (including phenoxy) is 1. The molecule has 1 fully saturated rings. The third-order valence-corrected chi connectivity index (χ3v) is 6.25. The highest BCUT2D eigenvalue weighted by Gasteiger charge is 2.35. The molecule has 0 bridgehead atoms. The van der Waals surface area contributed by atoms with Gasteiger partial charge in [-0.2, -0.15) is 0 Å². The number of hydrogen-bond acceptors (Lipinski definition) is 5. The fraction of sp³-hybridized carbons (Fsp3) is 0.417. The van der Waals surface area contributed by atoms with Crippen LogP contribution in [0.5, 0.6) is 0 Å². The Morgan fingerprint density at radius 2 is 1.94 bits per heavy atom. The van der Waals surface area contributed by atoms with E-state index in [1.807, 2.05) is 24.3 Å². The number of amides is 2. The second kappa shape index (κ2) is 10.2. The Balaban J connectivity index is 1.71. The zero-order valence-corrected chi connectivity index (χ0v) is 18.9. The summed E-state index contributed by atoms with van der Waals surface area (Å²) < 4.78 is 11.0. The predicted octanol–water partition coefficient (Wildman–Crippen LogP) is 4.55. The molecule has 0 saturated heterocycles. The van der Waals surface area contributed by atoms with Gasteiger partial charge >= 0.3 is 12.0 Å². The molecule has 1 aliphatic heterocycles. The number of esters is 1. The van der Waals surface area contributed by atoms with Crippen LogP contribution in [-0.4, -0.2) is 36.1 Å². The summed E-state index contributed by atoms with van der Waals surface area (Å²) in [5, 5.41) is 6.34. The first kappa shape index (κ1) is 22.4. The standard InChI is InChI=1S/C24H28ClN3O4/c1-2-31-23(29)21-20(26-24(30)27-22(21)16-9-11-17(25)12-10-16)15-28(18-6-3-4-7-18)14-19-8-5-13-32-19/h5,8-13,18,22H,2-4,6-7,14-15H2,1H3,(H2,26,27,30). The third kappa shape index (κ3) is 5.16. The van der Waals surface area contributed by atoms with E-state index < -0.39 is 12.0 Å². The Kier molecular flexibility index (Phi) is 7.17. The molecule has 2 aromatic rings. The van der Waals surface area contributed by atoms with Crippen molar-refractivity contribution in [1.29, 1.82) is 0 Å². The molecular formula is C24H28ClN3O4. The minimum atomic E-state index is -0.621. The van der Waals surface area contributed by atoms with Gasteiger partial charge in [0.1, 0.15) is 5.76 Å². The monoisotopic (exact) mass is 457 g/mol. The molecule has 1 saturated carbocycles. The first-order valence-electron chi connectivity index (χ1n) is 11.0. The summed E-state index contributed by atoms with van der Waals surface area (Å²) in [5.41, 5.74) is 1.74. The second-order valence-electron chi connectivity index (χ2n) is 8.12. The number of benzene rings is 1. The molecule has 1 atom stereocenters. The highest BCUT2D eigenvalue weighted by Crippen LogP contribution is 2.31. The highest BCUT2D eigenvalue weighted by atomic mass is 35.5. The van der Waals surface area contributed by atoms with E-state index in [4.69, 9.17) is 20.8 Å². The molecular weight excluding hydrogens is 430 g/mol. The molecule has 170 valence electrons. The first-order chi connectivity index (χ1) is 15.5. The number of carbonyl (C=O) groups is 2. The molecule has 0 spiro atoms. The number of rotatable bonds is 8. The summed E-state index contributed by atoms with van der Waals surface area (Å²) in [6.07, 6.45) is 6.16. The van der Waals surface area contributed by atoms with Crippen molar-refractivity contribution in [2.24, 2.45) is 0 Å². The van der Waals surface area contributed by atoms with Crippen LogP contribution < -0.4 is 10.6 Å². The molecule has 1 aliphatic carbocycles. The molecule has 8 heteroatoms. The Hall–Kier alpha value is -2.77. The second-order valence-corrected chi connectivity index (χ2v) is 8.55.